The second kappa shape index (κ2) is 6.31. The minimum Gasteiger partial charge on any atom is -0.488 e. The highest BCUT2D eigenvalue weighted by atomic mass is 79.9. The predicted molar refractivity (Wildman–Crippen MR) is 87.0 cm³/mol. The molecule has 0 amide bonds. The number of halogens is 1. The van der Waals surface area contributed by atoms with Crippen molar-refractivity contribution >= 4 is 26.9 Å². The van der Waals surface area contributed by atoms with Crippen LogP contribution in [-0.2, 0) is 13.0 Å². The number of ether oxygens (including phenoxy) is 1. The topological polar surface area (TPSA) is 35.3 Å². The van der Waals surface area contributed by atoms with Gasteiger partial charge in [-0.05, 0) is 30.2 Å². The molecule has 0 atom stereocenters. The van der Waals surface area contributed by atoms with Crippen LogP contribution in [0.3, 0.4) is 0 Å². The van der Waals surface area contributed by atoms with Gasteiger partial charge in [-0.25, -0.2) is 0 Å². The average Bonchev–Trinajstić information content (AvgIpc) is 2.91. The van der Waals surface area contributed by atoms with Gasteiger partial charge in [0.2, 0.25) is 0 Å². The smallest absolute Gasteiger partial charge is 0.170 e. The van der Waals surface area contributed by atoms with Crippen LogP contribution in [0.25, 0.3) is 11.0 Å². The van der Waals surface area contributed by atoms with E-state index in [1.807, 2.05) is 30.3 Å². The van der Waals surface area contributed by atoms with Crippen molar-refractivity contribution in [2.75, 3.05) is 5.33 Å². The minimum absolute atomic E-state index is 0.546. The summed E-state index contributed by atoms with van der Waals surface area (Å²) in [7, 11) is 0. The molecule has 0 radical (unpaired) electrons. The Balaban J connectivity index is 1.90. The van der Waals surface area contributed by atoms with Crippen molar-refractivity contribution in [1.82, 2.24) is 5.16 Å². The Labute approximate surface area is 132 Å². The molecule has 2 aromatic carbocycles. The molecule has 21 heavy (non-hydrogen) atoms. The van der Waals surface area contributed by atoms with E-state index < -0.39 is 0 Å². The standard InChI is InChI=1S/C17H16BrNO2/c1-12-5-2-3-6-13(12)11-20-15-7-4-8-16-17(15)14(9-10-18)19-21-16/h2-8H,9-11H2,1H3. The van der Waals surface area contributed by atoms with E-state index in [9.17, 15) is 0 Å². The summed E-state index contributed by atoms with van der Waals surface area (Å²) in [6.07, 6.45) is 0.817. The fourth-order valence-corrected chi connectivity index (χ4v) is 2.70. The fraction of sp³-hybridized carbons (Fsp3) is 0.235. The summed E-state index contributed by atoms with van der Waals surface area (Å²) < 4.78 is 11.4. The maximum absolute atomic E-state index is 6.02. The predicted octanol–water partition coefficient (Wildman–Crippen LogP) is 4.65. The van der Waals surface area contributed by atoms with Crippen LogP contribution in [-0.4, -0.2) is 10.5 Å². The van der Waals surface area contributed by atoms with Gasteiger partial charge in [-0.2, -0.15) is 0 Å². The number of hydrogen-bond acceptors (Lipinski definition) is 3. The van der Waals surface area contributed by atoms with Crippen LogP contribution in [0, 0.1) is 6.92 Å². The Morgan fingerprint density at radius 1 is 1.14 bits per heavy atom. The van der Waals surface area contributed by atoms with E-state index in [-0.39, 0.29) is 0 Å². The van der Waals surface area contributed by atoms with Gasteiger partial charge in [0.25, 0.3) is 0 Å². The van der Waals surface area contributed by atoms with E-state index in [2.05, 4.69) is 40.1 Å². The molecular weight excluding hydrogens is 330 g/mol. The Kier molecular flexibility index (Phi) is 4.25. The van der Waals surface area contributed by atoms with E-state index in [0.717, 1.165) is 34.2 Å². The Bertz CT molecular complexity index is 751. The molecule has 108 valence electrons. The Morgan fingerprint density at radius 3 is 2.81 bits per heavy atom. The third kappa shape index (κ3) is 2.95. The van der Waals surface area contributed by atoms with Gasteiger partial charge in [0.05, 0.1) is 11.1 Å². The Morgan fingerprint density at radius 2 is 2.00 bits per heavy atom. The summed E-state index contributed by atoms with van der Waals surface area (Å²) in [6.45, 7) is 2.64. The normalized spacial score (nSPS) is 11.0. The van der Waals surface area contributed by atoms with E-state index >= 15 is 0 Å². The highest BCUT2D eigenvalue weighted by Gasteiger charge is 2.13. The van der Waals surface area contributed by atoms with E-state index in [1.54, 1.807) is 0 Å². The summed E-state index contributed by atoms with van der Waals surface area (Å²) in [5.74, 6) is 0.827. The summed E-state index contributed by atoms with van der Waals surface area (Å²) in [5.41, 5.74) is 4.12. The molecular formula is C17H16BrNO2. The molecule has 0 spiro atoms. The van der Waals surface area contributed by atoms with Crippen molar-refractivity contribution in [2.45, 2.75) is 20.0 Å². The van der Waals surface area contributed by atoms with Gasteiger partial charge in [-0.3, -0.25) is 0 Å². The average molecular weight is 346 g/mol. The first-order valence-electron chi connectivity index (χ1n) is 6.90. The van der Waals surface area contributed by atoms with Crippen LogP contribution in [0.2, 0.25) is 0 Å². The Hall–Kier alpha value is -1.81. The zero-order valence-electron chi connectivity index (χ0n) is 11.8. The van der Waals surface area contributed by atoms with E-state index in [0.29, 0.717) is 6.61 Å². The lowest BCUT2D eigenvalue weighted by molar-refractivity contribution is 0.309. The number of rotatable bonds is 5. The molecule has 0 saturated heterocycles. The van der Waals surface area contributed by atoms with Crippen molar-refractivity contribution in [3.8, 4) is 5.75 Å². The molecule has 0 saturated carbocycles. The van der Waals surface area contributed by atoms with E-state index in [1.165, 1.54) is 11.1 Å². The lowest BCUT2D eigenvalue weighted by Crippen LogP contribution is -1.98. The molecule has 0 aliphatic rings. The molecule has 1 aromatic heterocycles. The molecule has 0 aliphatic carbocycles. The van der Waals surface area contributed by atoms with E-state index in [4.69, 9.17) is 9.26 Å². The third-order valence-corrected chi connectivity index (χ3v) is 3.90. The highest BCUT2D eigenvalue weighted by Crippen LogP contribution is 2.30. The molecule has 3 rings (SSSR count). The first-order chi connectivity index (χ1) is 10.3. The van der Waals surface area contributed by atoms with Gasteiger partial charge in [0.1, 0.15) is 12.4 Å². The van der Waals surface area contributed by atoms with Crippen LogP contribution < -0.4 is 4.74 Å². The molecule has 0 N–H and O–H groups in total. The van der Waals surface area contributed by atoms with Gasteiger partial charge in [-0.15, -0.1) is 0 Å². The fourth-order valence-electron chi connectivity index (χ4n) is 2.33. The molecule has 0 bridgehead atoms. The number of hydrogen-bond donors (Lipinski definition) is 0. The monoisotopic (exact) mass is 345 g/mol. The lowest BCUT2D eigenvalue weighted by atomic mass is 10.1. The van der Waals surface area contributed by atoms with Gasteiger partial charge in [0.15, 0.2) is 5.58 Å². The van der Waals surface area contributed by atoms with Crippen molar-refractivity contribution in [3.05, 3.63) is 59.3 Å². The molecule has 0 aliphatic heterocycles. The molecule has 3 nitrogen and oxygen atoms in total. The quantitative estimate of drug-likeness (QED) is 0.631. The van der Waals surface area contributed by atoms with Crippen LogP contribution in [0.4, 0.5) is 0 Å². The van der Waals surface area contributed by atoms with Crippen LogP contribution in [0.5, 0.6) is 5.75 Å². The maximum Gasteiger partial charge on any atom is 0.170 e. The minimum atomic E-state index is 0.546. The van der Waals surface area contributed by atoms with Gasteiger partial charge < -0.3 is 9.26 Å². The van der Waals surface area contributed by atoms with Gasteiger partial charge in [0, 0.05) is 11.8 Å². The lowest BCUT2D eigenvalue weighted by Gasteiger charge is -2.09. The molecule has 1 heterocycles. The second-order valence-corrected chi connectivity index (χ2v) is 5.71. The highest BCUT2D eigenvalue weighted by molar-refractivity contribution is 9.09. The summed E-state index contributed by atoms with van der Waals surface area (Å²) in [6, 6.07) is 14.1. The molecule has 3 aromatic rings. The maximum atomic E-state index is 6.02. The van der Waals surface area contributed by atoms with Crippen molar-refractivity contribution in [2.24, 2.45) is 0 Å². The summed E-state index contributed by atoms with van der Waals surface area (Å²) in [5, 5.41) is 5.96. The van der Waals surface area contributed by atoms with Crippen LogP contribution >= 0.6 is 15.9 Å². The largest absolute Gasteiger partial charge is 0.488 e. The first-order valence-corrected chi connectivity index (χ1v) is 8.02. The number of benzene rings is 2. The number of aryl methyl sites for hydroxylation is 2. The van der Waals surface area contributed by atoms with Gasteiger partial charge in [-0.1, -0.05) is 51.4 Å². The zero-order chi connectivity index (χ0) is 14.7. The number of fused-ring (bicyclic) bond motifs is 1. The molecule has 0 unspecified atom stereocenters. The number of alkyl halides is 1. The number of nitrogens with zero attached hydrogens (tertiary/aromatic N) is 1. The summed E-state index contributed by atoms with van der Waals surface area (Å²) in [4.78, 5) is 0. The summed E-state index contributed by atoms with van der Waals surface area (Å²) >= 11 is 3.44. The van der Waals surface area contributed by atoms with Crippen LogP contribution in [0.1, 0.15) is 16.8 Å². The van der Waals surface area contributed by atoms with Crippen molar-refractivity contribution in [1.29, 1.82) is 0 Å². The van der Waals surface area contributed by atoms with Crippen molar-refractivity contribution < 1.29 is 9.26 Å². The SMILES string of the molecule is Cc1ccccc1COc1cccc2onc(CCBr)c12. The first kappa shape index (κ1) is 14.1. The molecule has 4 heteroatoms. The third-order valence-electron chi connectivity index (χ3n) is 3.51. The zero-order valence-corrected chi connectivity index (χ0v) is 13.4. The molecule has 0 fully saturated rings. The van der Waals surface area contributed by atoms with Crippen LogP contribution in [0.15, 0.2) is 47.0 Å². The second-order valence-electron chi connectivity index (χ2n) is 4.91. The van der Waals surface area contributed by atoms with Crippen molar-refractivity contribution in [3.63, 3.8) is 0 Å². The number of aromatic nitrogens is 1. The van der Waals surface area contributed by atoms with Gasteiger partial charge >= 0.3 is 0 Å².